The van der Waals surface area contributed by atoms with Crippen LogP contribution in [0.25, 0.3) is 0 Å². The van der Waals surface area contributed by atoms with Gasteiger partial charge in [-0.3, -0.25) is 5.84 Å². The number of benzene rings is 1. The minimum atomic E-state index is -0.0927. The number of nitrogens with one attached hydrogen (secondary N) is 1. The summed E-state index contributed by atoms with van der Waals surface area (Å²) in [4.78, 5) is 0. The van der Waals surface area contributed by atoms with Crippen LogP contribution in [-0.2, 0) is 0 Å². The van der Waals surface area contributed by atoms with Gasteiger partial charge in [0.25, 0.3) is 0 Å². The number of ether oxygens (including phenoxy) is 2. The molecule has 1 unspecified atom stereocenters. The molecule has 1 aromatic carbocycles. The standard InChI is InChI=1S/C13H20N2O2/c1-4-11(15-14)10-7-8-12(16-5-2)13(9-10)17-6-3/h4,7-9,11,15H,1,5-6,14H2,2-3H3. The zero-order chi connectivity index (χ0) is 12.7. The maximum absolute atomic E-state index is 5.54. The molecule has 0 radical (unpaired) electrons. The minimum Gasteiger partial charge on any atom is -0.490 e. The monoisotopic (exact) mass is 236 g/mol. The van der Waals surface area contributed by atoms with Crippen molar-refractivity contribution in [2.24, 2.45) is 5.84 Å². The van der Waals surface area contributed by atoms with E-state index in [9.17, 15) is 0 Å². The molecule has 0 saturated heterocycles. The first-order valence-electron chi connectivity index (χ1n) is 5.75. The van der Waals surface area contributed by atoms with Crippen LogP contribution in [0.3, 0.4) is 0 Å². The molecule has 94 valence electrons. The second kappa shape index (κ2) is 6.93. The van der Waals surface area contributed by atoms with Gasteiger partial charge in [-0.05, 0) is 31.5 Å². The maximum Gasteiger partial charge on any atom is 0.161 e. The number of hydrogen-bond acceptors (Lipinski definition) is 4. The highest BCUT2D eigenvalue weighted by atomic mass is 16.5. The highest BCUT2D eigenvalue weighted by molar-refractivity contribution is 5.44. The van der Waals surface area contributed by atoms with Crippen LogP contribution in [0.5, 0.6) is 11.5 Å². The smallest absolute Gasteiger partial charge is 0.161 e. The van der Waals surface area contributed by atoms with Gasteiger partial charge in [0.15, 0.2) is 11.5 Å². The molecule has 1 rings (SSSR count). The zero-order valence-electron chi connectivity index (χ0n) is 10.4. The first kappa shape index (κ1) is 13.5. The number of nitrogens with two attached hydrogens (primary N) is 1. The summed E-state index contributed by atoms with van der Waals surface area (Å²) in [7, 11) is 0. The lowest BCUT2D eigenvalue weighted by Crippen LogP contribution is -2.26. The van der Waals surface area contributed by atoms with Crippen LogP contribution in [-0.4, -0.2) is 13.2 Å². The first-order valence-corrected chi connectivity index (χ1v) is 5.75. The summed E-state index contributed by atoms with van der Waals surface area (Å²) >= 11 is 0. The lowest BCUT2D eigenvalue weighted by Gasteiger charge is -2.16. The number of rotatable bonds is 7. The molecule has 0 bridgehead atoms. The van der Waals surface area contributed by atoms with Crippen LogP contribution >= 0.6 is 0 Å². The third kappa shape index (κ3) is 3.47. The molecule has 17 heavy (non-hydrogen) atoms. The molecule has 4 nitrogen and oxygen atoms in total. The summed E-state index contributed by atoms with van der Waals surface area (Å²) in [6.07, 6.45) is 1.74. The molecule has 0 amide bonds. The average molecular weight is 236 g/mol. The van der Waals surface area contributed by atoms with E-state index in [0.29, 0.717) is 13.2 Å². The average Bonchev–Trinajstić information content (AvgIpc) is 2.34. The van der Waals surface area contributed by atoms with Gasteiger partial charge in [0.2, 0.25) is 0 Å². The fourth-order valence-corrected chi connectivity index (χ4v) is 1.56. The van der Waals surface area contributed by atoms with E-state index in [0.717, 1.165) is 17.1 Å². The van der Waals surface area contributed by atoms with Crippen molar-refractivity contribution in [3.63, 3.8) is 0 Å². The number of hydrazine groups is 1. The van der Waals surface area contributed by atoms with Crippen molar-refractivity contribution >= 4 is 0 Å². The lowest BCUT2D eigenvalue weighted by atomic mass is 10.1. The molecule has 0 fully saturated rings. The predicted octanol–water partition coefficient (Wildman–Crippen LogP) is 2.17. The second-order valence-electron chi connectivity index (χ2n) is 3.45. The fraction of sp³-hybridized carbons (Fsp3) is 0.385. The highest BCUT2D eigenvalue weighted by Crippen LogP contribution is 2.30. The van der Waals surface area contributed by atoms with Crippen molar-refractivity contribution < 1.29 is 9.47 Å². The Bertz CT molecular complexity index is 366. The molecule has 1 atom stereocenters. The van der Waals surface area contributed by atoms with Crippen LogP contribution in [0.4, 0.5) is 0 Å². The van der Waals surface area contributed by atoms with Gasteiger partial charge in [-0.2, -0.15) is 0 Å². The SMILES string of the molecule is C=CC(NN)c1ccc(OCC)c(OCC)c1. The Balaban J connectivity index is 3.03. The van der Waals surface area contributed by atoms with E-state index in [1.165, 1.54) is 0 Å². The van der Waals surface area contributed by atoms with Crippen LogP contribution < -0.4 is 20.7 Å². The van der Waals surface area contributed by atoms with Crippen molar-refractivity contribution in [2.45, 2.75) is 19.9 Å². The van der Waals surface area contributed by atoms with Crippen molar-refractivity contribution in [1.29, 1.82) is 0 Å². The Kier molecular flexibility index (Phi) is 5.52. The molecule has 0 aromatic heterocycles. The summed E-state index contributed by atoms with van der Waals surface area (Å²) < 4.78 is 11.0. The molecule has 0 saturated carbocycles. The molecule has 0 aliphatic heterocycles. The van der Waals surface area contributed by atoms with Gasteiger partial charge in [-0.1, -0.05) is 12.1 Å². The molecule has 4 heteroatoms. The summed E-state index contributed by atoms with van der Waals surface area (Å²) in [5.41, 5.74) is 3.67. The van der Waals surface area contributed by atoms with E-state index in [1.807, 2.05) is 32.0 Å². The van der Waals surface area contributed by atoms with Gasteiger partial charge < -0.3 is 9.47 Å². The summed E-state index contributed by atoms with van der Waals surface area (Å²) in [5.74, 6) is 6.92. The van der Waals surface area contributed by atoms with Crippen LogP contribution in [0, 0.1) is 0 Å². The van der Waals surface area contributed by atoms with Gasteiger partial charge >= 0.3 is 0 Å². The van der Waals surface area contributed by atoms with Gasteiger partial charge in [0.1, 0.15) is 0 Å². The third-order valence-electron chi connectivity index (χ3n) is 2.34. The molecule has 1 aromatic rings. The predicted molar refractivity (Wildman–Crippen MR) is 69.0 cm³/mol. The number of hydrogen-bond donors (Lipinski definition) is 2. The minimum absolute atomic E-state index is 0.0927. The Morgan fingerprint density at radius 1 is 1.29 bits per heavy atom. The van der Waals surface area contributed by atoms with Crippen molar-refractivity contribution in [1.82, 2.24) is 5.43 Å². The first-order chi connectivity index (χ1) is 8.26. The molecule has 3 N–H and O–H groups in total. The summed E-state index contributed by atoms with van der Waals surface area (Å²) in [5, 5.41) is 0. The Morgan fingerprint density at radius 2 is 1.94 bits per heavy atom. The molecular weight excluding hydrogens is 216 g/mol. The Hall–Kier alpha value is -1.52. The van der Waals surface area contributed by atoms with Crippen molar-refractivity contribution in [3.8, 4) is 11.5 Å². The topological polar surface area (TPSA) is 56.5 Å². The van der Waals surface area contributed by atoms with Crippen LogP contribution in [0.2, 0.25) is 0 Å². The van der Waals surface area contributed by atoms with E-state index in [1.54, 1.807) is 6.08 Å². The van der Waals surface area contributed by atoms with Gasteiger partial charge in [0.05, 0.1) is 19.3 Å². The molecule has 0 heterocycles. The third-order valence-corrected chi connectivity index (χ3v) is 2.34. The normalized spacial score (nSPS) is 11.9. The van der Waals surface area contributed by atoms with E-state index >= 15 is 0 Å². The molecule has 0 aliphatic carbocycles. The van der Waals surface area contributed by atoms with Gasteiger partial charge in [-0.15, -0.1) is 6.58 Å². The van der Waals surface area contributed by atoms with Crippen LogP contribution in [0.1, 0.15) is 25.5 Å². The van der Waals surface area contributed by atoms with Gasteiger partial charge in [-0.25, -0.2) is 5.43 Å². The summed E-state index contributed by atoms with van der Waals surface area (Å²) in [6, 6.07) is 5.66. The molecule has 0 aliphatic rings. The van der Waals surface area contributed by atoms with Gasteiger partial charge in [0, 0.05) is 0 Å². The fourth-order valence-electron chi connectivity index (χ4n) is 1.56. The van der Waals surface area contributed by atoms with E-state index in [4.69, 9.17) is 15.3 Å². The summed E-state index contributed by atoms with van der Waals surface area (Å²) in [6.45, 7) is 8.82. The van der Waals surface area contributed by atoms with Crippen molar-refractivity contribution in [2.75, 3.05) is 13.2 Å². The second-order valence-corrected chi connectivity index (χ2v) is 3.45. The van der Waals surface area contributed by atoms with Crippen molar-refractivity contribution in [3.05, 3.63) is 36.4 Å². The maximum atomic E-state index is 5.54. The highest BCUT2D eigenvalue weighted by Gasteiger charge is 2.10. The quantitative estimate of drug-likeness (QED) is 0.433. The van der Waals surface area contributed by atoms with E-state index in [-0.39, 0.29) is 6.04 Å². The lowest BCUT2D eigenvalue weighted by molar-refractivity contribution is 0.287. The Labute approximate surface area is 102 Å². The zero-order valence-corrected chi connectivity index (χ0v) is 10.4. The molecular formula is C13H20N2O2. The van der Waals surface area contributed by atoms with E-state index < -0.39 is 0 Å². The van der Waals surface area contributed by atoms with Crippen LogP contribution in [0.15, 0.2) is 30.9 Å². The molecule has 0 spiro atoms. The largest absolute Gasteiger partial charge is 0.490 e. The Morgan fingerprint density at radius 3 is 2.47 bits per heavy atom. The van der Waals surface area contributed by atoms with E-state index in [2.05, 4.69) is 12.0 Å².